The minimum absolute atomic E-state index is 0.0544. The number of rotatable bonds is 1. The van der Waals surface area contributed by atoms with Gasteiger partial charge in [-0.05, 0) is 36.7 Å². The molecule has 5 nitrogen and oxygen atoms in total. The van der Waals surface area contributed by atoms with Crippen LogP contribution in [0, 0.1) is 5.82 Å². The van der Waals surface area contributed by atoms with Crippen LogP contribution in [0.4, 0.5) is 10.1 Å². The Balaban J connectivity index is 1.76. The van der Waals surface area contributed by atoms with E-state index in [-0.39, 0.29) is 23.1 Å². The zero-order chi connectivity index (χ0) is 18.1. The van der Waals surface area contributed by atoms with Crippen LogP contribution in [-0.4, -0.2) is 29.5 Å². The highest BCUT2D eigenvalue weighted by atomic mass is 35.5. The van der Waals surface area contributed by atoms with Crippen molar-refractivity contribution in [3.63, 3.8) is 0 Å². The van der Waals surface area contributed by atoms with Crippen LogP contribution in [0.25, 0.3) is 0 Å². The SMILES string of the molecule is O=C1Nc2cc(Cl)ccc2[C@]12N[C@H]1CCN[C@H]1[C@@H]2c1ccnc(Cl)c1F. The summed E-state index contributed by atoms with van der Waals surface area (Å²) in [5, 5.41) is 10.2. The topological polar surface area (TPSA) is 66.1 Å². The van der Waals surface area contributed by atoms with Gasteiger partial charge in [-0.2, -0.15) is 0 Å². The number of fused-ring (bicyclic) bond motifs is 3. The minimum Gasteiger partial charge on any atom is -0.324 e. The Hall–Kier alpha value is -1.73. The predicted molar refractivity (Wildman–Crippen MR) is 97.0 cm³/mol. The van der Waals surface area contributed by atoms with E-state index < -0.39 is 17.3 Å². The van der Waals surface area contributed by atoms with Gasteiger partial charge in [-0.15, -0.1) is 0 Å². The molecule has 0 unspecified atom stereocenters. The van der Waals surface area contributed by atoms with Crippen LogP contribution in [0.5, 0.6) is 0 Å². The van der Waals surface area contributed by atoms with Crippen molar-refractivity contribution in [2.75, 3.05) is 11.9 Å². The molecule has 0 aliphatic carbocycles. The van der Waals surface area contributed by atoms with Crippen LogP contribution in [0.1, 0.15) is 23.5 Å². The fraction of sp³-hybridized carbons (Fsp3) is 0.333. The number of aromatic nitrogens is 1. The van der Waals surface area contributed by atoms with Gasteiger partial charge in [0.2, 0.25) is 5.91 Å². The molecular formula is C18H15Cl2FN4O. The summed E-state index contributed by atoms with van der Waals surface area (Å²) in [4.78, 5) is 17.0. The van der Waals surface area contributed by atoms with E-state index in [9.17, 15) is 9.18 Å². The van der Waals surface area contributed by atoms with Crippen molar-refractivity contribution in [3.8, 4) is 0 Å². The summed E-state index contributed by atoms with van der Waals surface area (Å²) in [6, 6.07) is 6.88. The molecule has 5 rings (SSSR count). The molecule has 8 heteroatoms. The molecule has 1 aromatic carbocycles. The van der Waals surface area contributed by atoms with E-state index in [1.54, 1.807) is 18.2 Å². The normalized spacial score (nSPS) is 32.0. The van der Waals surface area contributed by atoms with Gasteiger partial charge in [0, 0.05) is 40.5 Å². The summed E-state index contributed by atoms with van der Waals surface area (Å²) in [6.07, 6.45) is 2.34. The highest BCUT2D eigenvalue weighted by Gasteiger charge is 2.63. The summed E-state index contributed by atoms with van der Waals surface area (Å²) < 4.78 is 14.9. The Kier molecular flexibility index (Phi) is 3.56. The first-order valence-corrected chi connectivity index (χ1v) is 9.20. The Bertz CT molecular complexity index is 939. The maximum absolute atomic E-state index is 14.9. The second-order valence-corrected chi connectivity index (χ2v) is 7.75. The molecule has 4 atom stereocenters. The number of nitrogens with one attached hydrogen (secondary N) is 3. The van der Waals surface area contributed by atoms with Crippen molar-refractivity contribution in [1.29, 1.82) is 0 Å². The van der Waals surface area contributed by atoms with Crippen molar-refractivity contribution in [2.24, 2.45) is 0 Å². The summed E-state index contributed by atoms with van der Waals surface area (Å²) in [5.41, 5.74) is 0.743. The van der Waals surface area contributed by atoms with E-state index >= 15 is 0 Å². The van der Waals surface area contributed by atoms with Crippen LogP contribution in [0.2, 0.25) is 10.2 Å². The van der Waals surface area contributed by atoms with Gasteiger partial charge in [-0.1, -0.05) is 29.3 Å². The Morgan fingerprint density at radius 3 is 2.96 bits per heavy atom. The number of carbonyl (C=O) groups excluding carboxylic acids is 1. The van der Waals surface area contributed by atoms with Crippen LogP contribution < -0.4 is 16.0 Å². The first kappa shape index (κ1) is 16.4. The molecule has 2 aromatic rings. The number of halogens is 3. The molecule has 0 saturated carbocycles. The molecule has 0 bridgehead atoms. The fourth-order valence-electron chi connectivity index (χ4n) is 4.75. The van der Waals surface area contributed by atoms with Crippen LogP contribution >= 0.6 is 23.2 Å². The molecule has 3 aliphatic heterocycles. The molecule has 4 heterocycles. The van der Waals surface area contributed by atoms with Crippen molar-refractivity contribution < 1.29 is 9.18 Å². The molecule has 134 valence electrons. The summed E-state index contributed by atoms with van der Waals surface area (Å²) in [7, 11) is 0. The van der Waals surface area contributed by atoms with Crippen LogP contribution in [-0.2, 0) is 10.3 Å². The van der Waals surface area contributed by atoms with Crippen LogP contribution in [0.3, 0.4) is 0 Å². The van der Waals surface area contributed by atoms with Gasteiger partial charge in [0.15, 0.2) is 11.0 Å². The summed E-state index contributed by atoms with van der Waals surface area (Å²) in [6.45, 7) is 0.810. The second kappa shape index (κ2) is 5.63. The number of nitrogens with zero attached hydrogens (tertiary/aromatic N) is 1. The van der Waals surface area contributed by atoms with Gasteiger partial charge in [0.1, 0.15) is 5.54 Å². The number of anilines is 1. The van der Waals surface area contributed by atoms with Gasteiger partial charge in [0.05, 0.1) is 0 Å². The molecule has 1 spiro atoms. The fourth-order valence-corrected chi connectivity index (χ4v) is 5.09. The predicted octanol–water partition coefficient (Wildman–Crippen LogP) is 2.79. The van der Waals surface area contributed by atoms with E-state index in [4.69, 9.17) is 23.2 Å². The summed E-state index contributed by atoms with van der Waals surface area (Å²) >= 11 is 12.0. The molecule has 0 radical (unpaired) electrons. The minimum atomic E-state index is -1.08. The van der Waals surface area contributed by atoms with E-state index in [1.807, 2.05) is 6.07 Å². The molecule has 3 N–H and O–H groups in total. The standard InChI is InChI=1S/C18H15Cl2FN4O/c19-8-1-2-10-12(7-8)24-17(26)18(10)13(15-11(25-18)4-6-22-15)9-3-5-23-16(20)14(9)21/h1-3,5,7,11,13,15,22,25H,4,6H2,(H,24,26)/t11-,13-,15+,18+/m0/s1. The number of benzene rings is 1. The maximum atomic E-state index is 14.9. The van der Waals surface area contributed by atoms with Gasteiger partial charge >= 0.3 is 0 Å². The lowest BCUT2D eigenvalue weighted by atomic mass is 9.74. The third-order valence-corrected chi connectivity index (χ3v) is 6.23. The maximum Gasteiger partial charge on any atom is 0.250 e. The van der Waals surface area contributed by atoms with Crippen molar-refractivity contribution in [2.45, 2.75) is 30.0 Å². The third-order valence-electron chi connectivity index (χ3n) is 5.73. The quantitative estimate of drug-likeness (QED) is 0.652. The number of pyridine rings is 1. The number of amides is 1. The van der Waals surface area contributed by atoms with Crippen molar-refractivity contribution in [3.05, 3.63) is 57.6 Å². The van der Waals surface area contributed by atoms with Crippen molar-refractivity contribution >= 4 is 34.8 Å². The van der Waals surface area contributed by atoms with Gasteiger partial charge in [-0.3, -0.25) is 10.1 Å². The van der Waals surface area contributed by atoms with Crippen molar-refractivity contribution in [1.82, 2.24) is 15.6 Å². The lowest BCUT2D eigenvalue weighted by Gasteiger charge is -2.32. The van der Waals surface area contributed by atoms with E-state index in [2.05, 4.69) is 20.9 Å². The van der Waals surface area contributed by atoms with E-state index in [1.165, 1.54) is 6.20 Å². The molecule has 1 aromatic heterocycles. The van der Waals surface area contributed by atoms with Gasteiger partial charge in [-0.25, -0.2) is 9.37 Å². The lowest BCUT2D eigenvalue weighted by Crippen LogP contribution is -2.49. The Morgan fingerprint density at radius 2 is 2.12 bits per heavy atom. The average molecular weight is 393 g/mol. The number of hydrogen-bond acceptors (Lipinski definition) is 4. The number of carbonyl (C=O) groups is 1. The Labute approximate surface area is 159 Å². The third kappa shape index (κ3) is 2.04. The monoisotopic (exact) mass is 392 g/mol. The number of hydrogen-bond donors (Lipinski definition) is 3. The summed E-state index contributed by atoms with van der Waals surface area (Å²) in [5.74, 6) is -1.24. The first-order valence-electron chi connectivity index (χ1n) is 8.45. The first-order chi connectivity index (χ1) is 12.5. The van der Waals surface area contributed by atoms with Gasteiger partial charge in [0.25, 0.3) is 0 Å². The second-order valence-electron chi connectivity index (χ2n) is 6.95. The zero-order valence-electron chi connectivity index (χ0n) is 13.5. The largest absolute Gasteiger partial charge is 0.324 e. The molecule has 26 heavy (non-hydrogen) atoms. The molecule has 2 fully saturated rings. The molecule has 2 saturated heterocycles. The highest BCUT2D eigenvalue weighted by molar-refractivity contribution is 6.31. The van der Waals surface area contributed by atoms with Gasteiger partial charge < -0.3 is 10.6 Å². The Morgan fingerprint density at radius 1 is 1.27 bits per heavy atom. The average Bonchev–Trinajstić information content (AvgIpc) is 3.24. The highest BCUT2D eigenvalue weighted by Crippen LogP contribution is 2.53. The zero-order valence-corrected chi connectivity index (χ0v) is 15.0. The van der Waals surface area contributed by atoms with E-state index in [0.717, 1.165) is 18.5 Å². The molecule has 1 amide bonds. The van der Waals surface area contributed by atoms with E-state index in [0.29, 0.717) is 16.3 Å². The molecular weight excluding hydrogens is 378 g/mol. The lowest BCUT2D eigenvalue weighted by molar-refractivity contribution is -0.122. The molecule has 3 aliphatic rings. The smallest absolute Gasteiger partial charge is 0.250 e. The van der Waals surface area contributed by atoms with Crippen LogP contribution in [0.15, 0.2) is 30.5 Å².